The van der Waals surface area contributed by atoms with Crippen molar-refractivity contribution in [1.29, 1.82) is 0 Å². The summed E-state index contributed by atoms with van der Waals surface area (Å²) in [5, 5.41) is 11.1. The topological polar surface area (TPSA) is 75.6 Å². The molecule has 0 saturated heterocycles. The second-order valence-corrected chi connectivity index (χ2v) is 3.62. The molecule has 0 radical (unpaired) electrons. The Kier molecular flexibility index (Phi) is 5.69. The van der Waals surface area contributed by atoms with Crippen LogP contribution in [-0.4, -0.2) is 36.7 Å². The number of carbonyl (C=O) groups excluding carboxylic acids is 2. The van der Waals surface area contributed by atoms with Gasteiger partial charge in [0.05, 0.1) is 13.7 Å². The molecule has 0 saturated carbocycles. The fourth-order valence-corrected chi connectivity index (χ4v) is 1.32. The molecule has 0 spiro atoms. The van der Waals surface area contributed by atoms with Crippen molar-refractivity contribution in [2.75, 3.05) is 13.7 Å². The molecule has 1 aromatic rings. The molecule has 102 valence electrons. The molecule has 1 unspecified atom stereocenters. The fraction of sp³-hybridized carbons (Fsp3) is 0.231. The molecule has 0 aliphatic rings. The molecule has 1 aromatic carbocycles. The van der Waals surface area contributed by atoms with E-state index >= 15 is 0 Å². The number of hydrogen-bond donors (Lipinski definition) is 2. The third kappa shape index (κ3) is 4.51. The number of aliphatic hydroxyl groups is 1. The van der Waals surface area contributed by atoms with E-state index in [0.717, 1.165) is 13.2 Å². The Hall–Kier alpha value is -2.21. The van der Waals surface area contributed by atoms with Crippen LogP contribution in [0.5, 0.6) is 0 Å². The number of halogens is 1. The zero-order valence-electron chi connectivity index (χ0n) is 10.3. The molecule has 2 N–H and O–H groups in total. The lowest BCUT2D eigenvalue weighted by molar-refractivity contribution is -0.145. The van der Waals surface area contributed by atoms with E-state index in [1.165, 1.54) is 24.3 Å². The Morgan fingerprint density at radius 3 is 2.74 bits per heavy atom. The summed E-state index contributed by atoms with van der Waals surface area (Å²) in [4.78, 5) is 22.6. The van der Waals surface area contributed by atoms with Crippen LogP contribution in [0.4, 0.5) is 4.39 Å². The Balaban J connectivity index is 2.65. The first kappa shape index (κ1) is 14.8. The van der Waals surface area contributed by atoms with Gasteiger partial charge in [0.1, 0.15) is 5.82 Å². The molecule has 0 aliphatic heterocycles. The van der Waals surface area contributed by atoms with E-state index in [4.69, 9.17) is 5.11 Å². The highest BCUT2D eigenvalue weighted by Crippen LogP contribution is 2.07. The third-order valence-corrected chi connectivity index (χ3v) is 2.30. The molecule has 19 heavy (non-hydrogen) atoms. The van der Waals surface area contributed by atoms with Crippen LogP contribution in [0.15, 0.2) is 30.3 Å². The minimum atomic E-state index is -1.14. The number of benzene rings is 1. The summed E-state index contributed by atoms with van der Waals surface area (Å²) in [6, 6.07) is 4.80. The first-order valence-electron chi connectivity index (χ1n) is 5.50. The molecule has 0 bridgehead atoms. The normalized spacial score (nSPS) is 12.2. The van der Waals surface area contributed by atoms with Crippen LogP contribution in [0.3, 0.4) is 0 Å². The highest BCUT2D eigenvalue weighted by atomic mass is 19.1. The molecule has 0 fully saturated rings. The molecule has 5 nitrogen and oxygen atoms in total. The van der Waals surface area contributed by atoms with E-state index in [0.29, 0.717) is 0 Å². The predicted octanol–water partition coefficient (Wildman–Crippen LogP) is 0.489. The standard InChI is InChI=1S/C13H14FNO4/c1-19-13(18)11(8-16)15-12(17)7-6-9-4-2-3-5-10(9)14/h2-7,11,16H,8H2,1H3,(H,15,17)/b7-6+. The van der Waals surface area contributed by atoms with E-state index in [1.807, 2.05) is 0 Å². The first-order chi connectivity index (χ1) is 9.08. The molecule has 0 aromatic heterocycles. The number of esters is 1. The van der Waals surface area contributed by atoms with Crippen LogP contribution in [-0.2, 0) is 14.3 Å². The molecule has 1 amide bonds. The van der Waals surface area contributed by atoms with Gasteiger partial charge in [-0.2, -0.15) is 0 Å². The van der Waals surface area contributed by atoms with E-state index in [-0.39, 0.29) is 5.56 Å². The lowest BCUT2D eigenvalue weighted by Gasteiger charge is -2.11. The summed E-state index contributed by atoms with van der Waals surface area (Å²) >= 11 is 0. The predicted molar refractivity (Wildman–Crippen MR) is 66.5 cm³/mol. The summed E-state index contributed by atoms with van der Waals surface area (Å²) in [5.74, 6) is -1.85. The zero-order chi connectivity index (χ0) is 14.3. The number of nitrogens with one attached hydrogen (secondary N) is 1. The van der Waals surface area contributed by atoms with Crippen molar-refractivity contribution in [3.63, 3.8) is 0 Å². The summed E-state index contributed by atoms with van der Waals surface area (Å²) in [7, 11) is 1.15. The average molecular weight is 267 g/mol. The molecular formula is C13H14FNO4. The monoisotopic (exact) mass is 267 g/mol. The van der Waals surface area contributed by atoms with Gasteiger partial charge in [0.2, 0.25) is 5.91 Å². The van der Waals surface area contributed by atoms with Crippen molar-refractivity contribution < 1.29 is 23.8 Å². The third-order valence-electron chi connectivity index (χ3n) is 2.30. The molecule has 1 rings (SSSR count). The van der Waals surface area contributed by atoms with Crippen LogP contribution >= 0.6 is 0 Å². The highest BCUT2D eigenvalue weighted by molar-refractivity contribution is 5.94. The second kappa shape index (κ2) is 7.27. The molecular weight excluding hydrogens is 253 g/mol. The first-order valence-corrected chi connectivity index (χ1v) is 5.50. The summed E-state index contributed by atoms with van der Waals surface area (Å²) in [5.41, 5.74) is 0.247. The Labute approximate surface area is 109 Å². The summed E-state index contributed by atoms with van der Waals surface area (Å²) in [6.07, 6.45) is 2.35. The largest absolute Gasteiger partial charge is 0.467 e. The van der Waals surface area contributed by atoms with Gasteiger partial charge in [-0.25, -0.2) is 9.18 Å². The van der Waals surface area contributed by atoms with Crippen molar-refractivity contribution >= 4 is 18.0 Å². The van der Waals surface area contributed by atoms with Crippen LogP contribution in [0.25, 0.3) is 6.08 Å². The Bertz CT molecular complexity index is 487. The quantitative estimate of drug-likeness (QED) is 0.601. The van der Waals surface area contributed by atoms with Crippen molar-refractivity contribution in [3.05, 3.63) is 41.7 Å². The van der Waals surface area contributed by atoms with Crippen molar-refractivity contribution in [3.8, 4) is 0 Å². The minimum absolute atomic E-state index is 0.247. The van der Waals surface area contributed by atoms with Gasteiger partial charge in [-0.1, -0.05) is 18.2 Å². The maximum atomic E-state index is 13.3. The van der Waals surface area contributed by atoms with Crippen LogP contribution in [0.2, 0.25) is 0 Å². The number of amides is 1. The van der Waals surface area contributed by atoms with E-state index < -0.39 is 30.3 Å². The van der Waals surface area contributed by atoms with E-state index in [2.05, 4.69) is 10.1 Å². The number of aliphatic hydroxyl groups excluding tert-OH is 1. The molecule has 6 heteroatoms. The lowest BCUT2D eigenvalue weighted by atomic mass is 10.2. The SMILES string of the molecule is COC(=O)C(CO)NC(=O)/C=C/c1ccccc1F. The van der Waals surface area contributed by atoms with Gasteiger partial charge in [-0.15, -0.1) is 0 Å². The van der Waals surface area contributed by atoms with Crippen molar-refractivity contribution in [2.24, 2.45) is 0 Å². The maximum absolute atomic E-state index is 13.3. The average Bonchev–Trinajstić information content (AvgIpc) is 2.43. The Morgan fingerprint density at radius 1 is 1.47 bits per heavy atom. The number of carbonyl (C=O) groups is 2. The summed E-state index contributed by atoms with van der Waals surface area (Å²) in [6.45, 7) is -0.577. The zero-order valence-corrected chi connectivity index (χ0v) is 10.3. The maximum Gasteiger partial charge on any atom is 0.330 e. The highest BCUT2D eigenvalue weighted by Gasteiger charge is 2.19. The second-order valence-electron chi connectivity index (χ2n) is 3.62. The van der Waals surface area contributed by atoms with Gasteiger partial charge in [0.25, 0.3) is 0 Å². The Morgan fingerprint density at radius 2 is 2.16 bits per heavy atom. The van der Waals surface area contributed by atoms with Crippen LogP contribution < -0.4 is 5.32 Å². The number of rotatable bonds is 5. The lowest BCUT2D eigenvalue weighted by Crippen LogP contribution is -2.43. The molecule has 0 heterocycles. The van der Waals surface area contributed by atoms with Crippen molar-refractivity contribution in [2.45, 2.75) is 6.04 Å². The van der Waals surface area contributed by atoms with Gasteiger partial charge >= 0.3 is 5.97 Å². The van der Waals surface area contributed by atoms with Crippen molar-refractivity contribution in [1.82, 2.24) is 5.32 Å². The van der Waals surface area contributed by atoms with E-state index in [9.17, 15) is 14.0 Å². The fourth-order valence-electron chi connectivity index (χ4n) is 1.32. The summed E-state index contributed by atoms with van der Waals surface area (Å²) < 4.78 is 17.6. The van der Waals surface area contributed by atoms with Crippen LogP contribution in [0.1, 0.15) is 5.56 Å². The number of ether oxygens (including phenoxy) is 1. The molecule has 0 aliphatic carbocycles. The number of hydrogen-bond acceptors (Lipinski definition) is 4. The van der Waals surface area contributed by atoms with E-state index in [1.54, 1.807) is 6.07 Å². The van der Waals surface area contributed by atoms with Gasteiger partial charge in [0.15, 0.2) is 6.04 Å². The van der Waals surface area contributed by atoms with Gasteiger partial charge < -0.3 is 15.2 Å². The van der Waals surface area contributed by atoms with Crippen LogP contribution in [0, 0.1) is 5.82 Å². The smallest absolute Gasteiger partial charge is 0.330 e. The van der Waals surface area contributed by atoms with Gasteiger partial charge in [-0.3, -0.25) is 4.79 Å². The number of methoxy groups -OCH3 is 1. The van der Waals surface area contributed by atoms with Gasteiger partial charge in [-0.05, 0) is 12.1 Å². The minimum Gasteiger partial charge on any atom is -0.467 e. The van der Waals surface area contributed by atoms with Gasteiger partial charge in [0, 0.05) is 11.6 Å². The molecule has 1 atom stereocenters.